The van der Waals surface area contributed by atoms with Gasteiger partial charge in [0.1, 0.15) is 0 Å². The molecule has 3 aromatic carbocycles. The Kier molecular flexibility index (Phi) is 3.53. The molecule has 0 unspecified atom stereocenters. The highest BCUT2D eigenvalue weighted by Gasteiger charge is 2.70. The molecule has 0 radical (unpaired) electrons. The number of anilines is 1. The Morgan fingerprint density at radius 2 is 1.09 bits per heavy atom. The summed E-state index contributed by atoms with van der Waals surface area (Å²) in [5.41, 5.74) is 3.50. The Hall–Kier alpha value is -3.73. The summed E-state index contributed by atoms with van der Waals surface area (Å²) in [5, 5.41) is 11.1. The van der Waals surface area contributed by atoms with Gasteiger partial charge in [-0.1, -0.05) is 74.5 Å². The number of rotatable bonds is 2. The van der Waals surface area contributed by atoms with Crippen LogP contribution in [0.2, 0.25) is 0 Å². The fourth-order valence-electron chi connectivity index (χ4n) is 6.57. The van der Waals surface area contributed by atoms with E-state index in [4.69, 9.17) is 0 Å². The van der Waals surface area contributed by atoms with Crippen LogP contribution in [0.1, 0.15) is 46.5 Å². The first-order chi connectivity index (χ1) is 15.3. The van der Waals surface area contributed by atoms with E-state index in [2.05, 4.69) is 38.1 Å². The molecule has 1 aliphatic heterocycles. The number of imide groups is 1. The van der Waals surface area contributed by atoms with E-state index in [0.29, 0.717) is 5.69 Å². The zero-order chi connectivity index (χ0) is 22.4. The summed E-state index contributed by atoms with van der Waals surface area (Å²) < 4.78 is 0. The molecule has 1 heterocycles. The molecule has 158 valence electrons. The number of benzene rings is 3. The zero-order valence-electron chi connectivity index (χ0n) is 17.7. The van der Waals surface area contributed by atoms with E-state index in [0.717, 1.165) is 22.3 Å². The largest absolute Gasteiger partial charge is 0.545 e. The molecule has 1 fully saturated rings. The van der Waals surface area contributed by atoms with Crippen molar-refractivity contribution >= 4 is 23.5 Å². The maximum absolute atomic E-state index is 13.9. The lowest BCUT2D eigenvalue weighted by atomic mass is 9.42. The number of nitrogens with zero attached hydrogens (tertiary/aromatic N) is 1. The van der Waals surface area contributed by atoms with Crippen LogP contribution in [0.4, 0.5) is 5.69 Å². The second-order valence-electron chi connectivity index (χ2n) is 9.30. The number of hydrogen-bond acceptors (Lipinski definition) is 4. The molecule has 32 heavy (non-hydrogen) atoms. The van der Waals surface area contributed by atoms with Crippen molar-refractivity contribution in [3.05, 3.63) is 101 Å². The molecule has 0 N–H and O–H groups in total. The van der Waals surface area contributed by atoms with Gasteiger partial charge in [0, 0.05) is 10.8 Å². The summed E-state index contributed by atoms with van der Waals surface area (Å²) in [6.07, 6.45) is 0. The Morgan fingerprint density at radius 1 is 0.719 bits per heavy atom. The third kappa shape index (κ3) is 1.97. The number of carbonyl (C=O) groups is 3. The fraction of sp³-hybridized carbons (Fsp3) is 0.222. The molecule has 2 amide bonds. The molecular formula is C27H20NO4-. The normalized spacial score (nSPS) is 29.5. The van der Waals surface area contributed by atoms with Gasteiger partial charge in [0.2, 0.25) is 11.8 Å². The molecule has 4 aliphatic rings. The lowest BCUT2D eigenvalue weighted by molar-refractivity contribution is -0.255. The first kappa shape index (κ1) is 19.0. The molecule has 1 saturated heterocycles. The van der Waals surface area contributed by atoms with Gasteiger partial charge in [0.25, 0.3) is 0 Å². The Morgan fingerprint density at radius 3 is 1.44 bits per heavy atom. The van der Waals surface area contributed by atoms with Crippen molar-refractivity contribution in [2.45, 2.75) is 24.7 Å². The molecule has 0 saturated carbocycles. The SMILES string of the molecule is CC12c3ccccc3C(C)(c3ccccc31)[C@@H]1C(=O)N(c3ccc(C(=O)[O-])cc3)C(=O)[C@H]12. The molecule has 7 rings (SSSR count). The smallest absolute Gasteiger partial charge is 0.238 e. The third-order valence-corrected chi connectivity index (χ3v) is 8.00. The van der Waals surface area contributed by atoms with Crippen molar-refractivity contribution in [1.29, 1.82) is 0 Å². The first-order valence-electron chi connectivity index (χ1n) is 10.7. The zero-order valence-corrected chi connectivity index (χ0v) is 17.7. The van der Waals surface area contributed by atoms with Crippen LogP contribution in [0, 0.1) is 11.8 Å². The molecule has 0 spiro atoms. The van der Waals surface area contributed by atoms with E-state index < -0.39 is 28.6 Å². The van der Waals surface area contributed by atoms with Crippen LogP contribution in [0.25, 0.3) is 0 Å². The molecule has 2 bridgehead atoms. The average molecular weight is 422 g/mol. The van der Waals surface area contributed by atoms with Crippen LogP contribution < -0.4 is 10.0 Å². The van der Waals surface area contributed by atoms with Crippen LogP contribution >= 0.6 is 0 Å². The average Bonchev–Trinajstić information content (AvgIpc) is 3.08. The lowest BCUT2D eigenvalue weighted by Crippen LogP contribution is -2.59. The van der Waals surface area contributed by atoms with Crippen molar-refractivity contribution in [1.82, 2.24) is 0 Å². The van der Waals surface area contributed by atoms with E-state index in [1.165, 1.54) is 29.2 Å². The quantitative estimate of drug-likeness (QED) is 0.595. The summed E-state index contributed by atoms with van der Waals surface area (Å²) in [4.78, 5) is 40.2. The van der Waals surface area contributed by atoms with Gasteiger partial charge in [-0.05, 0) is 39.9 Å². The molecule has 3 aliphatic carbocycles. The van der Waals surface area contributed by atoms with E-state index in [1.54, 1.807) is 0 Å². The minimum atomic E-state index is -1.30. The van der Waals surface area contributed by atoms with Gasteiger partial charge in [-0.3, -0.25) is 9.59 Å². The van der Waals surface area contributed by atoms with Crippen LogP contribution in [-0.2, 0) is 20.4 Å². The molecule has 0 aromatic heterocycles. The highest BCUT2D eigenvalue weighted by molar-refractivity contribution is 6.24. The third-order valence-electron chi connectivity index (χ3n) is 8.00. The van der Waals surface area contributed by atoms with Gasteiger partial charge in [-0.2, -0.15) is 0 Å². The summed E-state index contributed by atoms with van der Waals surface area (Å²) in [7, 11) is 0. The number of amides is 2. The molecular weight excluding hydrogens is 402 g/mol. The van der Waals surface area contributed by atoms with Crippen molar-refractivity contribution in [2.75, 3.05) is 4.90 Å². The second-order valence-corrected chi connectivity index (χ2v) is 9.30. The highest BCUT2D eigenvalue weighted by atomic mass is 16.4. The minimum Gasteiger partial charge on any atom is -0.545 e. The summed E-state index contributed by atoms with van der Waals surface area (Å²) in [6.45, 7) is 4.16. The number of carboxylic acid groups (broad SMARTS) is 1. The van der Waals surface area contributed by atoms with Crippen LogP contribution in [-0.4, -0.2) is 17.8 Å². The van der Waals surface area contributed by atoms with Gasteiger partial charge in [-0.25, -0.2) is 4.90 Å². The molecule has 5 nitrogen and oxygen atoms in total. The molecule has 3 aromatic rings. The maximum atomic E-state index is 13.9. The summed E-state index contributed by atoms with van der Waals surface area (Å²) in [5.74, 6) is -2.85. The van der Waals surface area contributed by atoms with E-state index in [9.17, 15) is 19.5 Å². The molecule has 2 atom stereocenters. The number of aromatic carboxylic acids is 1. The lowest BCUT2D eigenvalue weighted by Gasteiger charge is -2.57. The topological polar surface area (TPSA) is 77.5 Å². The Bertz CT molecular complexity index is 1220. The number of carboxylic acids is 1. The minimum absolute atomic E-state index is 0.00376. The summed E-state index contributed by atoms with van der Waals surface area (Å²) >= 11 is 0. The van der Waals surface area contributed by atoms with Crippen molar-refractivity contribution in [2.24, 2.45) is 11.8 Å². The van der Waals surface area contributed by atoms with Crippen LogP contribution in [0.15, 0.2) is 72.8 Å². The van der Waals surface area contributed by atoms with Crippen molar-refractivity contribution < 1.29 is 19.5 Å². The predicted octanol–water partition coefficient (Wildman–Crippen LogP) is 2.79. The van der Waals surface area contributed by atoms with Crippen LogP contribution in [0.5, 0.6) is 0 Å². The van der Waals surface area contributed by atoms with E-state index >= 15 is 0 Å². The van der Waals surface area contributed by atoms with Crippen molar-refractivity contribution in [3.8, 4) is 0 Å². The van der Waals surface area contributed by atoms with Gasteiger partial charge in [0.15, 0.2) is 0 Å². The Labute approximate surface area is 185 Å². The fourth-order valence-corrected chi connectivity index (χ4v) is 6.57. The monoisotopic (exact) mass is 422 g/mol. The predicted molar refractivity (Wildman–Crippen MR) is 116 cm³/mol. The number of carbonyl (C=O) groups excluding carboxylic acids is 3. The summed E-state index contributed by atoms with van der Waals surface area (Å²) in [6, 6.07) is 22.0. The standard InChI is InChI=1S/C27H21NO4/c1-26-17-7-3-5-9-19(17)27(2,20-10-6-4-8-18(20)26)22-21(26)23(29)28(24(22)30)16-13-11-15(12-14-16)25(31)32/h3-14,21-22H,1-2H3,(H,31,32)/p-1/t21-,22-,26?,27?/m0/s1. The van der Waals surface area contributed by atoms with Gasteiger partial charge < -0.3 is 9.90 Å². The van der Waals surface area contributed by atoms with E-state index in [1.807, 2.05) is 24.3 Å². The van der Waals surface area contributed by atoms with Crippen LogP contribution in [0.3, 0.4) is 0 Å². The Balaban J connectivity index is 1.60. The van der Waals surface area contributed by atoms with Gasteiger partial charge in [-0.15, -0.1) is 0 Å². The van der Waals surface area contributed by atoms with E-state index in [-0.39, 0.29) is 17.4 Å². The van der Waals surface area contributed by atoms with Crippen molar-refractivity contribution in [3.63, 3.8) is 0 Å². The number of hydrogen-bond donors (Lipinski definition) is 0. The highest BCUT2D eigenvalue weighted by Crippen LogP contribution is 2.66. The second kappa shape index (κ2) is 5.94. The first-order valence-corrected chi connectivity index (χ1v) is 10.7. The van der Waals surface area contributed by atoms with Gasteiger partial charge >= 0.3 is 0 Å². The van der Waals surface area contributed by atoms with Gasteiger partial charge in [0.05, 0.1) is 23.5 Å². The molecule has 5 heteroatoms. The maximum Gasteiger partial charge on any atom is 0.238 e.